The minimum atomic E-state index is -0.289. The lowest BCUT2D eigenvalue weighted by Crippen LogP contribution is -2.27. The van der Waals surface area contributed by atoms with Gasteiger partial charge in [-0.15, -0.1) is 0 Å². The molecule has 88 valence electrons. The quantitative estimate of drug-likeness (QED) is 0.848. The van der Waals surface area contributed by atoms with Crippen LogP contribution in [0.4, 0.5) is 4.39 Å². The Morgan fingerprint density at radius 3 is 2.76 bits per heavy atom. The molecule has 0 fully saturated rings. The molecule has 1 amide bonds. The van der Waals surface area contributed by atoms with Crippen LogP contribution in [0, 0.1) is 5.82 Å². The van der Waals surface area contributed by atoms with Gasteiger partial charge in [0.15, 0.2) is 0 Å². The largest absolute Gasteiger partial charge is 0.350 e. The monoisotopic (exact) mass is 234 g/mol. The van der Waals surface area contributed by atoms with Gasteiger partial charge in [0, 0.05) is 6.54 Å². The molecule has 0 saturated carbocycles. The molecule has 0 saturated heterocycles. The highest BCUT2D eigenvalue weighted by Gasteiger charge is 2.02. The van der Waals surface area contributed by atoms with Crippen LogP contribution in [0.5, 0.6) is 0 Å². The van der Waals surface area contributed by atoms with Crippen LogP contribution in [-0.4, -0.2) is 20.7 Å². The second-order valence-corrected chi connectivity index (χ2v) is 3.50. The van der Waals surface area contributed by atoms with Gasteiger partial charge in [0.05, 0.1) is 0 Å². The summed E-state index contributed by atoms with van der Waals surface area (Å²) >= 11 is 0. The number of aromatic nitrogens is 3. The zero-order valence-corrected chi connectivity index (χ0v) is 9.01. The number of rotatable bonds is 4. The first-order valence-electron chi connectivity index (χ1n) is 5.07. The van der Waals surface area contributed by atoms with Crippen LogP contribution < -0.4 is 5.32 Å². The second-order valence-electron chi connectivity index (χ2n) is 3.50. The molecule has 0 unspecified atom stereocenters. The smallest absolute Gasteiger partial charge is 0.242 e. The van der Waals surface area contributed by atoms with E-state index in [2.05, 4.69) is 15.4 Å². The molecule has 1 aromatic carbocycles. The van der Waals surface area contributed by atoms with Crippen LogP contribution in [0.15, 0.2) is 36.9 Å². The van der Waals surface area contributed by atoms with Crippen molar-refractivity contribution in [2.45, 2.75) is 13.1 Å². The van der Waals surface area contributed by atoms with E-state index in [1.54, 1.807) is 12.1 Å². The molecule has 1 N–H and O–H groups in total. The minimum Gasteiger partial charge on any atom is -0.350 e. The van der Waals surface area contributed by atoms with Crippen LogP contribution in [-0.2, 0) is 17.9 Å². The Hall–Kier alpha value is -2.24. The maximum absolute atomic E-state index is 12.6. The number of nitrogens with one attached hydrogen (secondary N) is 1. The Labute approximate surface area is 97.3 Å². The van der Waals surface area contributed by atoms with Crippen molar-refractivity contribution in [3.8, 4) is 0 Å². The summed E-state index contributed by atoms with van der Waals surface area (Å²) in [5.74, 6) is -0.456. The minimum absolute atomic E-state index is 0.126. The Morgan fingerprint density at radius 1 is 1.35 bits per heavy atom. The first-order chi connectivity index (χ1) is 8.24. The number of nitrogens with zero attached hydrogens (tertiary/aromatic N) is 3. The average Bonchev–Trinajstić information content (AvgIpc) is 2.81. The molecule has 17 heavy (non-hydrogen) atoms. The summed E-state index contributed by atoms with van der Waals surface area (Å²) in [4.78, 5) is 15.2. The molecule has 1 aromatic heterocycles. The molecule has 0 atom stereocenters. The molecule has 0 aliphatic heterocycles. The summed E-state index contributed by atoms with van der Waals surface area (Å²) in [5.41, 5.74) is 0.846. The molecule has 5 nitrogen and oxygen atoms in total. The fraction of sp³-hybridized carbons (Fsp3) is 0.182. The van der Waals surface area contributed by atoms with Crippen molar-refractivity contribution < 1.29 is 9.18 Å². The van der Waals surface area contributed by atoms with Crippen molar-refractivity contribution in [3.05, 3.63) is 48.3 Å². The lowest BCUT2D eigenvalue weighted by Gasteiger charge is -2.05. The van der Waals surface area contributed by atoms with Gasteiger partial charge in [-0.3, -0.25) is 4.79 Å². The molecule has 0 spiro atoms. The Morgan fingerprint density at radius 2 is 2.12 bits per heavy atom. The van der Waals surface area contributed by atoms with E-state index in [-0.39, 0.29) is 18.3 Å². The summed E-state index contributed by atoms with van der Waals surface area (Å²) in [7, 11) is 0. The first kappa shape index (κ1) is 11.3. The first-order valence-corrected chi connectivity index (χ1v) is 5.07. The predicted molar refractivity (Wildman–Crippen MR) is 58.3 cm³/mol. The number of benzene rings is 1. The SMILES string of the molecule is O=C(Cn1cncn1)NCc1ccc(F)cc1. The molecule has 1 heterocycles. The normalized spacial score (nSPS) is 10.2. The number of carbonyl (C=O) groups excluding carboxylic acids is 1. The van der Waals surface area contributed by atoms with Crippen LogP contribution >= 0.6 is 0 Å². The fourth-order valence-electron chi connectivity index (χ4n) is 1.32. The van der Waals surface area contributed by atoms with Gasteiger partial charge >= 0.3 is 0 Å². The van der Waals surface area contributed by atoms with Crippen molar-refractivity contribution in [3.63, 3.8) is 0 Å². The van der Waals surface area contributed by atoms with E-state index < -0.39 is 0 Å². The van der Waals surface area contributed by atoms with Gasteiger partial charge in [0.25, 0.3) is 0 Å². The number of hydrogen-bond acceptors (Lipinski definition) is 3. The van der Waals surface area contributed by atoms with Crippen molar-refractivity contribution in [1.29, 1.82) is 0 Å². The fourth-order valence-corrected chi connectivity index (χ4v) is 1.32. The van der Waals surface area contributed by atoms with Gasteiger partial charge in [-0.2, -0.15) is 5.10 Å². The maximum atomic E-state index is 12.6. The summed E-state index contributed by atoms with van der Waals surface area (Å²) in [6.45, 7) is 0.495. The highest BCUT2D eigenvalue weighted by molar-refractivity contribution is 5.75. The van der Waals surface area contributed by atoms with Crippen LogP contribution in [0.2, 0.25) is 0 Å². The van der Waals surface area contributed by atoms with Crippen molar-refractivity contribution in [2.75, 3.05) is 0 Å². The highest BCUT2D eigenvalue weighted by atomic mass is 19.1. The third kappa shape index (κ3) is 3.37. The third-order valence-corrected chi connectivity index (χ3v) is 2.18. The van der Waals surface area contributed by atoms with Crippen molar-refractivity contribution >= 4 is 5.91 Å². The molecule has 6 heteroatoms. The van der Waals surface area contributed by atoms with Gasteiger partial charge in [-0.05, 0) is 17.7 Å². The lowest BCUT2D eigenvalue weighted by atomic mass is 10.2. The number of carbonyl (C=O) groups is 1. The summed E-state index contributed by atoms with van der Waals surface area (Å²) < 4.78 is 14.1. The Balaban J connectivity index is 1.82. The molecule has 0 bridgehead atoms. The maximum Gasteiger partial charge on any atom is 0.242 e. The van der Waals surface area contributed by atoms with E-state index in [1.807, 2.05) is 0 Å². The van der Waals surface area contributed by atoms with E-state index in [1.165, 1.54) is 29.5 Å². The molecule has 0 radical (unpaired) electrons. The molecule has 2 rings (SSSR count). The number of hydrogen-bond donors (Lipinski definition) is 1. The van der Waals surface area contributed by atoms with Gasteiger partial charge < -0.3 is 5.32 Å². The average molecular weight is 234 g/mol. The van der Waals surface area contributed by atoms with E-state index in [0.29, 0.717) is 6.54 Å². The third-order valence-electron chi connectivity index (χ3n) is 2.18. The zero-order valence-electron chi connectivity index (χ0n) is 9.01. The van der Waals surface area contributed by atoms with Gasteiger partial charge in [0.1, 0.15) is 25.0 Å². The van der Waals surface area contributed by atoms with Crippen LogP contribution in [0.3, 0.4) is 0 Å². The summed E-state index contributed by atoms with van der Waals surface area (Å²) in [6, 6.07) is 5.98. The summed E-state index contributed by atoms with van der Waals surface area (Å²) in [5, 5.41) is 6.52. The van der Waals surface area contributed by atoms with Crippen LogP contribution in [0.25, 0.3) is 0 Å². The molecule has 0 aliphatic rings. The number of amides is 1. The van der Waals surface area contributed by atoms with Gasteiger partial charge in [-0.25, -0.2) is 14.1 Å². The zero-order chi connectivity index (χ0) is 12.1. The van der Waals surface area contributed by atoms with Gasteiger partial charge in [0.2, 0.25) is 5.91 Å². The van der Waals surface area contributed by atoms with E-state index in [0.717, 1.165) is 5.56 Å². The second kappa shape index (κ2) is 5.20. The molecular formula is C11H11FN4O. The van der Waals surface area contributed by atoms with Crippen molar-refractivity contribution in [2.24, 2.45) is 0 Å². The number of halogens is 1. The van der Waals surface area contributed by atoms with E-state index >= 15 is 0 Å². The van der Waals surface area contributed by atoms with Gasteiger partial charge in [-0.1, -0.05) is 12.1 Å². The summed E-state index contributed by atoms with van der Waals surface area (Å²) in [6.07, 6.45) is 2.84. The van der Waals surface area contributed by atoms with Crippen molar-refractivity contribution in [1.82, 2.24) is 20.1 Å². The highest BCUT2D eigenvalue weighted by Crippen LogP contribution is 2.01. The topological polar surface area (TPSA) is 59.8 Å². The lowest BCUT2D eigenvalue weighted by molar-refractivity contribution is -0.122. The van der Waals surface area contributed by atoms with Crippen LogP contribution in [0.1, 0.15) is 5.56 Å². The molecule has 0 aliphatic carbocycles. The standard InChI is InChI=1S/C11H11FN4O/c12-10-3-1-9(2-4-10)5-14-11(17)6-16-8-13-7-15-16/h1-4,7-8H,5-6H2,(H,14,17). The Bertz CT molecular complexity index is 481. The Kier molecular flexibility index (Phi) is 3.44. The van der Waals surface area contributed by atoms with E-state index in [4.69, 9.17) is 0 Å². The molecular weight excluding hydrogens is 223 g/mol. The predicted octanol–water partition coefficient (Wildman–Crippen LogP) is 0.734. The van der Waals surface area contributed by atoms with E-state index in [9.17, 15) is 9.18 Å². The molecule has 2 aromatic rings.